The van der Waals surface area contributed by atoms with E-state index in [1.165, 1.54) is 15.6 Å². The van der Waals surface area contributed by atoms with Crippen LogP contribution in [0.15, 0.2) is 89.8 Å². The van der Waals surface area contributed by atoms with E-state index in [1.807, 2.05) is 47.4 Å². The van der Waals surface area contributed by atoms with E-state index in [2.05, 4.69) is 24.0 Å². The van der Waals surface area contributed by atoms with Crippen LogP contribution in [0.3, 0.4) is 0 Å². The molecule has 1 amide bonds. The molecule has 2 saturated heterocycles. The van der Waals surface area contributed by atoms with Crippen molar-refractivity contribution in [3.63, 3.8) is 0 Å². The molecule has 3 aromatic carbocycles. The lowest BCUT2D eigenvalue weighted by Gasteiger charge is -2.38. The van der Waals surface area contributed by atoms with E-state index in [0.717, 1.165) is 18.7 Å². The van der Waals surface area contributed by atoms with E-state index in [1.54, 1.807) is 30.3 Å². The number of hydrogen-bond acceptors (Lipinski definition) is 4. The molecule has 5 rings (SSSR count). The predicted molar refractivity (Wildman–Crippen MR) is 138 cm³/mol. The molecule has 2 fully saturated rings. The highest BCUT2D eigenvalue weighted by atomic mass is 32.2. The van der Waals surface area contributed by atoms with Crippen molar-refractivity contribution in [1.29, 1.82) is 0 Å². The lowest BCUT2D eigenvalue weighted by atomic mass is 9.88. The van der Waals surface area contributed by atoms with E-state index in [-0.39, 0.29) is 23.3 Å². The minimum absolute atomic E-state index is 0.0500. The van der Waals surface area contributed by atoms with Gasteiger partial charge in [-0.2, -0.15) is 4.31 Å². The van der Waals surface area contributed by atoms with Crippen LogP contribution in [0.5, 0.6) is 0 Å². The lowest BCUT2D eigenvalue weighted by molar-refractivity contribution is -0.135. The molecule has 2 heterocycles. The average Bonchev–Trinajstić information content (AvgIpc) is 3.36. The third kappa shape index (κ3) is 4.70. The summed E-state index contributed by atoms with van der Waals surface area (Å²) in [6.45, 7) is 5.43. The maximum Gasteiger partial charge on any atom is 0.243 e. The molecule has 3 aromatic rings. The monoisotopic (exact) mass is 489 g/mol. The van der Waals surface area contributed by atoms with Gasteiger partial charge in [-0.3, -0.25) is 4.79 Å². The van der Waals surface area contributed by atoms with Crippen molar-refractivity contribution in [2.24, 2.45) is 5.92 Å². The highest BCUT2D eigenvalue weighted by Gasteiger charge is 2.45. The van der Waals surface area contributed by atoms with E-state index >= 15 is 0 Å². The normalized spacial score (nSPS) is 21.3. The number of carbonyl (C=O) groups excluding carboxylic acids is 1. The van der Waals surface area contributed by atoms with Gasteiger partial charge in [-0.1, -0.05) is 66.7 Å². The number of rotatable bonds is 5. The van der Waals surface area contributed by atoms with Crippen LogP contribution >= 0.6 is 0 Å². The molecule has 0 radical (unpaired) electrons. The Morgan fingerprint density at radius 3 is 2.03 bits per heavy atom. The summed E-state index contributed by atoms with van der Waals surface area (Å²) in [5, 5.41) is 0. The van der Waals surface area contributed by atoms with Crippen LogP contribution < -0.4 is 4.90 Å². The van der Waals surface area contributed by atoms with E-state index < -0.39 is 15.9 Å². The van der Waals surface area contributed by atoms with Crippen LogP contribution in [-0.4, -0.2) is 62.8 Å². The molecule has 0 N–H and O–H groups in total. The first-order valence-corrected chi connectivity index (χ1v) is 13.6. The van der Waals surface area contributed by atoms with Crippen molar-refractivity contribution >= 4 is 21.6 Å². The van der Waals surface area contributed by atoms with Gasteiger partial charge in [0.1, 0.15) is 0 Å². The number of nitrogens with zero attached hydrogens (tertiary/aromatic N) is 3. The summed E-state index contributed by atoms with van der Waals surface area (Å²) in [6, 6.07) is 26.7. The SMILES string of the molecule is Cc1ccccc1N1CCN(C(=O)C2CN(S(=O)(=O)c3ccccc3)CC2c2ccccc2)CC1. The van der Waals surface area contributed by atoms with Gasteiger partial charge < -0.3 is 9.80 Å². The molecule has 182 valence electrons. The summed E-state index contributed by atoms with van der Waals surface area (Å²) in [6.07, 6.45) is 0. The second-order valence-electron chi connectivity index (χ2n) is 9.36. The topological polar surface area (TPSA) is 60.9 Å². The molecule has 2 aliphatic rings. The van der Waals surface area contributed by atoms with Crippen LogP contribution in [0.4, 0.5) is 5.69 Å². The fourth-order valence-corrected chi connectivity index (χ4v) is 6.83. The Hall–Kier alpha value is -3.16. The van der Waals surface area contributed by atoms with Crippen LogP contribution in [-0.2, 0) is 14.8 Å². The molecule has 2 atom stereocenters. The van der Waals surface area contributed by atoms with Gasteiger partial charge in [0.15, 0.2) is 0 Å². The third-order valence-corrected chi connectivity index (χ3v) is 9.11. The fraction of sp³-hybridized carbons (Fsp3) is 0.321. The molecule has 0 saturated carbocycles. The van der Waals surface area contributed by atoms with Crippen molar-refractivity contribution in [1.82, 2.24) is 9.21 Å². The summed E-state index contributed by atoms with van der Waals surface area (Å²) in [5.41, 5.74) is 3.45. The van der Waals surface area contributed by atoms with Gasteiger partial charge in [0, 0.05) is 50.9 Å². The average molecular weight is 490 g/mol. The van der Waals surface area contributed by atoms with Crippen molar-refractivity contribution in [2.45, 2.75) is 17.7 Å². The summed E-state index contributed by atoms with van der Waals surface area (Å²) in [7, 11) is -3.67. The standard InChI is InChI=1S/C28H31N3O3S/c1-22-10-8-9-15-27(22)29-16-18-30(19-17-29)28(32)26-21-31(20-25(26)23-11-4-2-5-12-23)35(33,34)24-13-6-3-7-14-24/h2-15,25-26H,16-21H2,1H3. The first-order chi connectivity index (χ1) is 16.9. The molecule has 2 unspecified atom stereocenters. The zero-order chi connectivity index (χ0) is 24.4. The quantitative estimate of drug-likeness (QED) is 0.548. The van der Waals surface area contributed by atoms with Crippen molar-refractivity contribution in [3.8, 4) is 0 Å². The van der Waals surface area contributed by atoms with E-state index in [9.17, 15) is 13.2 Å². The maximum absolute atomic E-state index is 13.8. The summed E-state index contributed by atoms with van der Waals surface area (Å²) >= 11 is 0. The molecule has 7 heteroatoms. The molecule has 0 aromatic heterocycles. The van der Waals surface area contributed by atoms with Crippen molar-refractivity contribution in [3.05, 3.63) is 96.1 Å². The molecule has 35 heavy (non-hydrogen) atoms. The Morgan fingerprint density at radius 1 is 0.771 bits per heavy atom. The van der Waals surface area contributed by atoms with Crippen LogP contribution in [0.1, 0.15) is 17.0 Å². The van der Waals surface area contributed by atoms with Gasteiger partial charge in [0.25, 0.3) is 0 Å². The van der Waals surface area contributed by atoms with Crippen molar-refractivity contribution < 1.29 is 13.2 Å². The largest absolute Gasteiger partial charge is 0.368 e. The van der Waals surface area contributed by atoms with Gasteiger partial charge in [-0.15, -0.1) is 0 Å². The number of amides is 1. The Bertz CT molecular complexity index is 1270. The number of anilines is 1. The molecule has 6 nitrogen and oxygen atoms in total. The smallest absolute Gasteiger partial charge is 0.243 e. The summed E-state index contributed by atoms with van der Waals surface area (Å²) < 4.78 is 28.3. The lowest BCUT2D eigenvalue weighted by Crippen LogP contribution is -2.51. The van der Waals surface area contributed by atoms with Gasteiger partial charge in [0.2, 0.25) is 15.9 Å². The second-order valence-corrected chi connectivity index (χ2v) is 11.3. The van der Waals surface area contributed by atoms with Crippen LogP contribution in [0.25, 0.3) is 0 Å². The van der Waals surface area contributed by atoms with Gasteiger partial charge in [0.05, 0.1) is 10.8 Å². The van der Waals surface area contributed by atoms with Crippen molar-refractivity contribution in [2.75, 3.05) is 44.2 Å². The van der Waals surface area contributed by atoms with E-state index in [0.29, 0.717) is 19.6 Å². The first kappa shape index (κ1) is 23.6. The Balaban J connectivity index is 1.36. The zero-order valence-corrected chi connectivity index (χ0v) is 20.8. The molecular formula is C28H31N3O3S. The van der Waals surface area contributed by atoms with Crippen LogP contribution in [0, 0.1) is 12.8 Å². The minimum atomic E-state index is -3.67. The molecular weight excluding hydrogens is 458 g/mol. The highest BCUT2D eigenvalue weighted by Crippen LogP contribution is 2.37. The highest BCUT2D eigenvalue weighted by molar-refractivity contribution is 7.89. The fourth-order valence-electron chi connectivity index (χ4n) is 5.31. The summed E-state index contributed by atoms with van der Waals surface area (Å²) in [4.78, 5) is 18.3. The molecule has 2 aliphatic heterocycles. The Labute approximate surface area is 207 Å². The second kappa shape index (κ2) is 9.84. The molecule has 0 bridgehead atoms. The molecule has 0 aliphatic carbocycles. The zero-order valence-electron chi connectivity index (χ0n) is 20.0. The number of carbonyl (C=O) groups is 1. The number of benzene rings is 3. The molecule has 0 spiro atoms. The maximum atomic E-state index is 13.8. The predicted octanol–water partition coefficient (Wildman–Crippen LogP) is 3.75. The first-order valence-electron chi connectivity index (χ1n) is 12.1. The number of para-hydroxylation sites is 1. The Kier molecular flexibility index (Phi) is 6.62. The summed E-state index contributed by atoms with van der Waals surface area (Å²) in [5.74, 6) is -0.522. The van der Waals surface area contributed by atoms with Gasteiger partial charge in [-0.25, -0.2) is 8.42 Å². The Morgan fingerprint density at radius 2 is 1.37 bits per heavy atom. The number of sulfonamides is 1. The minimum Gasteiger partial charge on any atom is -0.368 e. The van der Waals surface area contributed by atoms with Gasteiger partial charge in [-0.05, 0) is 36.2 Å². The van der Waals surface area contributed by atoms with Crippen LogP contribution in [0.2, 0.25) is 0 Å². The number of hydrogen-bond donors (Lipinski definition) is 0. The van der Waals surface area contributed by atoms with Gasteiger partial charge >= 0.3 is 0 Å². The third-order valence-electron chi connectivity index (χ3n) is 7.26. The van der Waals surface area contributed by atoms with E-state index in [4.69, 9.17) is 0 Å². The number of piperazine rings is 1. The number of aryl methyl sites for hydroxylation is 1.